The fraction of sp³-hybridized carbons (Fsp3) is 0.385. The van der Waals surface area contributed by atoms with Gasteiger partial charge in [0.15, 0.2) is 0 Å². The molecular formula is C13H15N5O3. The summed E-state index contributed by atoms with van der Waals surface area (Å²) < 4.78 is 0. The van der Waals surface area contributed by atoms with Crippen molar-refractivity contribution >= 4 is 17.3 Å². The minimum Gasteiger partial charge on any atom is -0.376 e. The number of nitrogens with zero attached hydrogens (tertiary/aromatic N) is 3. The zero-order valence-corrected chi connectivity index (χ0v) is 11.3. The number of hydrogen-bond acceptors (Lipinski definition) is 6. The Kier molecular flexibility index (Phi) is 4.68. The van der Waals surface area contributed by atoms with Crippen LogP contribution in [0, 0.1) is 21.4 Å². The second-order valence-corrected chi connectivity index (χ2v) is 4.59. The molecule has 0 spiro atoms. The summed E-state index contributed by atoms with van der Waals surface area (Å²) in [5.41, 5.74) is 0.247. The van der Waals surface area contributed by atoms with Gasteiger partial charge in [0.05, 0.1) is 11.5 Å². The first-order valence-corrected chi connectivity index (χ1v) is 6.52. The molecule has 2 N–H and O–H groups in total. The van der Waals surface area contributed by atoms with Crippen LogP contribution in [-0.4, -0.2) is 48.5 Å². The van der Waals surface area contributed by atoms with Crippen molar-refractivity contribution in [2.24, 2.45) is 0 Å². The minimum atomic E-state index is -0.603. The van der Waals surface area contributed by atoms with E-state index in [-0.39, 0.29) is 23.7 Å². The molecule has 1 amide bonds. The summed E-state index contributed by atoms with van der Waals surface area (Å²) in [4.78, 5) is 23.8. The number of piperazine rings is 1. The van der Waals surface area contributed by atoms with Crippen LogP contribution in [0.5, 0.6) is 0 Å². The van der Waals surface area contributed by atoms with Crippen LogP contribution in [0.4, 0.5) is 11.4 Å². The molecule has 1 aliphatic heterocycles. The van der Waals surface area contributed by atoms with Crippen molar-refractivity contribution in [1.82, 2.24) is 10.2 Å². The number of nitrogens with one attached hydrogen (secondary N) is 2. The topological polar surface area (TPSA) is 111 Å². The Morgan fingerprint density at radius 2 is 2.19 bits per heavy atom. The highest BCUT2D eigenvalue weighted by molar-refractivity contribution is 5.81. The van der Waals surface area contributed by atoms with Crippen molar-refractivity contribution in [3.8, 4) is 6.07 Å². The molecule has 1 fully saturated rings. The first-order chi connectivity index (χ1) is 10.1. The maximum absolute atomic E-state index is 12.0. The monoisotopic (exact) mass is 289 g/mol. The number of hydrogen-bond donors (Lipinski definition) is 2. The largest absolute Gasteiger partial charge is 0.376 e. The number of carbonyl (C=O) groups excluding carboxylic acids is 1. The van der Waals surface area contributed by atoms with Gasteiger partial charge in [-0.3, -0.25) is 14.9 Å². The van der Waals surface area contributed by atoms with Crippen LogP contribution in [0.1, 0.15) is 5.56 Å². The van der Waals surface area contributed by atoms with Gasteiger partial charge in [-0.2, -0.15) is 5.26 Å². The van der Waals surface area contributed by atoms with Gasteiger partial charge in [0, 0.05) is 37.9 Å². The molecule has 0 aliphatic carbocycles. The lowest BCUT2D eigenvalue weighted by Crippen LogP contribution is -2.48. The molecule has 1 saturated heterocycles. The van der Waals surface area contributed by atoms with Crippen LogP contribution in [0.15, 0.2) is 18.2 Å². The number of nitriles is 1. The molecule has 0 radical (unpaired) electrons. The molecule has 110 valence electrons. The first kappa shape index (κ1) is 14.7. The molecule has 1 aromatic carbocycles. The molecule has 1 aromatic rings. The van der Waals surface area contributed by atoms with Crippen molar-refractivity contribution < 1.29 is 9.72 Å². The fourth-order valence-corrected chi connectivity index (χ4v) is 2.10. The number of nitro groups is 1. The molecule has 8 nitrogen and oxygen atoms in total. The summed E-state index contributed by atoms with van der Waals surface area (Å²) in [7, 11) is 0. The Balaban J connectivity index is 1.98. The zero-order valence-electron chi connectivity index (χ0n) is 11.3. The summed E-state index contributed by atoms with van der Waals surface area (Å²) in [5, 5.41) is 25.7. The van der Waals surface area contributed by atoms with Gasteiger partial charge in [-0.05, 0) is 12.1 Å². The summed E-state index contributed by atoms with van der Waals surface area (Å²) in [5.74, 6) is -0.0339. The molecule has 0 aromatic heterocycles. The highest BCUT2D eigenvalue weighted by Crippen LogP contribution is 2.21. The van der Waals surface area contributed by atoms with Gasteiger partial charge in [0.1, 0.15) is 11.6 Å². The lowest BCUT2D eigenvalue weighted by atomic mass is 10.1. The lowest BCUT2D eigenvalue weighted by molar-refractivity contribution is -0.385. The Bertz CT molecular complexity index is 590. The maximum atomic E-state index is 12.0. The summed E-state index contributed by atoms with van der Waals surface area (Å²) in [6.07, 6.45) is 0. The first-order valence-electron chi connectivity index (χ1n) is 6.52. The Morgan fingerprint density at radius 3 is 2.81 bits per heavy atom. The predicted octanol–water partition coefficient (Wildman–Crippen LogP) is 0.310. The van der Waals surface area contributed by atoms with Crippen molar-refractivity contribution in [1.29, 1.82) is 5.26 Å². The van der Waals surface area contributed by atoms with E-state index in [9.17, 15) is 14.9 Å². The minimum absolute atomic E-state index is 0.0281. The number of benzene rings is 1. The van der Waals surface area contributed by atoms with Crippen LogP contribution in [0.2, 0.25) is 0 Å². The highest BCUT2D eigenvalue weighted by atomic mass is 16.6. The smallest absolute Gasteiger partial charge is 0.287 e. The molecule has 21 heavy (non-hydrogen) atoms. The van der Waals surface area contributed by atoms with Gasteiger partial charge in [0.25, 0.3) is 5.69 Å². The molecule has 0 unspecified atom stereocenters. The average molecular weight is 289 g/mol. The van der Waals surface area contributed by atoms with Gasteiger partial charge >= 0.3 is 0 Å². The van der Waals surface area contributed by atoms with E-state index in [1.54, 1.807) is 11.0 Å². The zero-order chi connectivity index (χ0) is 15.2. The summed E-state index contributed by atoms with van der Waals surface area (Å²) in [6.45, 7) is 3.00. The van der Waals surface area contributed by atoms with Gasteiger partial charge in [-0.15, -0.1) is 0 Å². The van der Waals surface area contributed by atoms with Crippen LogP contribution >= 0.6 is 0 Å². The van der Waals surface area contributed by atoms with Gasteiger partial charge in [-0.25, -0.2) is 0 Å². The van der Waals surface area contributed by atoms with E-state index in [1.165, 1.54) is 18.2 Å². The number of nitro benzene ring substituents is 1. The Hall–Kier alpha value is -2.66. The number of rotatable bonds is 4. The van der Waals surface area contributed by atoms with Crippen molar-refractivity contribution in [3.63, 3.8) is 0 Å². The third-order valence-electron chi connectivity index (χ3n) is 3.23. The summed E-state index contributed by atoms with van der Waals surface area (Å²) in [6, 6.07) is 5.91. The van der Waals surface area contributed by atoms with E-state index in [4.69, 9.17) is 5.26 Å². The lowest BCUT2D eigenvalue weighted by Gasteiger charge is -2.27. The van der Waals surface area contributed by atoms with Crippen molar-refractivity contribution in [2.75, 3.05) is 38.0 Å². The molecule has 8 heteroatoms. The maximum Gasteiger partial charge on any atom is 0.287 e. The molecule has 2 rings (SSSR count). The van der Waals surface area contributed by atoms with Crippen molar-refractivity contribution in [3.05, 3.63) is 33.9 Å². The van der Waals surface area contributed by atoms with E-state index < -0.39 is 4.92 Å². The number of anilines is 1. The molecule has 1 aliphatic rings. The number of carbonyl (C=O) groups is 1. The van der Waals surface area contributed by atoms with Gasteiger partial charge in [-0.1, -0.05) is 0 Å². The van der Waals surface area contributed by atoms with E-state index in [0.717, 1.165) is 13.1 Å². The Labute approximate surface area is 121 Å². The van der Waals surface area contributed by atoms with E-state index in [0.29, 0.717) is 18.8 Å². The molecule has 0 saturated carbocycles. The standard InChI is InChI=1S/C13H15N5O3/c14-8-10-7-11(1-2-12(10)18(20)21)16-9-13(19)17-5-3-15-4-6-17/h1-2,7,15-16H,3-6,9H2. The van der Waals surface area contributed by atoms with Gasteiger partial charge < -0.3 is 15.5 Å². The second-order valence-electron chi connectivity index (χ2n) is 4.59. The molecular weight excluding hydrogens is 274 g/mol. The molecule has 0 bridgehead atoms. The third kappa shape index (κ3) is 3.67. The van der Waals surface area contributed by atoms with Crippen LogP contribution in [0.3, 0.4) is 0 Å². The number of amides is 1. The van der Waals surface area contributed by atoms with Crippen LogP contribution in [0.25, 0.3) is 0 Å². The normalized spacial score (nSPS) is 14.3. The SMILES string of the molecule is N#Cc1cc(NCC(=O)N2CCNCC2)ccc1[N+](=O)[O-]. The fourth-order valence-electron chi connectivity index (χ4n) is 2.10. The molecule has 1 heterocycles. The highest BCUT2D eigenvalue weighted by Gasteiger charge is 2.17. The van der Waals surface area contributed by atoms with E-state index in [1.807, 2.05) is 0 Å². The van der Waals surface area contributed by atoms with Crippen molar-refractivity contribution in [2.45, 2.75) is 0 Å². The molecule has 0 atom stereocenters. The summed E-state index contributed by atoms with van der Waals surface area (Å²) >= 11 is 0. The quantitative estimate of drug-likeness (QED) is 0.609. The van der Waals surface area contributed by atoms with E-state index in [2.05, 4.69) is 10.6 Å². The predicted molar refractivity (Wildman–Crippen MR) is 75.8 cm³/mol. The second kappa shape index (κ2) is 6.67. The van der Waals surface area contributed by atoms with Crippen LogP contribution < -0.4 is 10.6 Å². The van der Waals surface area contributed by atoms with Crippen LogP contribution in [-0.2, 0) is 4.79 Å². The third-order valence-corrected chi connectivity index (χ3v) is 3.23. The Morgan fingerprint density at radius 1 is 1.48 bits per heavy atom. The average Bonchev–Trinajstić information content (AvgIpc) is 2.52. The van der Waals surface area contributed by atoms with E-state index >= 15 is 0 Å². The van der Waals surface area contributed by atoms with Gasteiger partial charge in [0.2, 0.25) is 5.91 Å².